The molecule has 1 saturated heterocycles. The van der Waals surface area contributed by atoms with E-state index in [0.29, 0.717) is 13.1 Å². The van der Waals surface area contributed by atoms with Crippen LogP contribution in [0.5, 0.6) is 0 Å². The molecule has 0 spiro atoms. The number of halogens is 1. The van der Waals surface area contributed by atoms with Crippen LogP contribution in [0, 0.1) is 0 Å². The van der Waals surface area contributed by atoms with E-state index in [0.717, 1.165) is 18.9 Å². The molecule has 1 fully saturated rings. The molecule has 2 rings (SSSR count). The summed E-state index contributed by atoms with van der Waals surface area (Å²) in [4.78, 5) is 24.2. The molecule has 120 valence electrons. The highest BCUT2D eigenvalue weighted by molar-refractivity contribution is 7.89. The van der Waals surface area contributed by atoms with Crippen molar-refractivity contribution in [2.75, 3.05) is 19.6 Å². The van der Waals surface area contributed by atoms with Crippen LogP contribution in [-0.4, -0.2) is 49.9 Å². The lowest BCUT2D eigenvalue weighted by Gasteiger charge is -2.15. The molecule has 0 aromatic heterocycles. The highest BCUT2D eigenvalue weighted by atomic mass is 35.5. The molecular weight excluding hydrogens is 332 g/mol. The van der Waals surface area contributed by atoms with Gasteiger partial charge in [-0.15, -0.1) is 0 Å². The molecule has 9 heteroatoms. The third-order valence-electron chi connectivity index (χ3n) is 3.35. The number of carboxylic acids is 1. The van der Waals surface area contributed by atoms with E-state index >= 15 is 0 Å². The van der Waals surface area contributed by atoms with Gasteiger partial charge in [0.05, 0.1) is 22.0 Å². The highest BCUT2D eigenvalue weighted by Crippen LogP contribution is 2.20. The Bertz CT molecular complexity index is 698. The van der Waals surface area contributed by atoms with Crippen molar-refractivity contribution in [2.45, 2.75) is 17.7 Å². The average molecular weight is 347 g/mol. The fourth-order valence-electron chi connectivity index (χ4n) is 2.15. The first kappa shape index (κ1) is 16.7. The number of likely N-dealkylation sites (tertiary alicyclic amines) is 1. The molecule has 0 saturated carbocycles. The van der Waals surface area contributed by atoms with Crippen LogP contribution in [-0.2, 0) is 14.8 Å². The number of carbonyl (C=O) groups is 2. The van der Waals surface area contributed by atoms with Gasteiger partial charge < -0.3 is 10.0 Å². The topological polar surface area (TPSA) is 104 Å². The minimum absolute atomic E-state index is 0.0559. The van der Waals surface area contributed by atoms with E-state index in [1.54, 1.807) is 4.90 Å². The number of amides is 1. The van der Waals surface area contributed by atoms with E-state index in [-0.39, 0.29) is 27.9 Å². The third kappa shape index (κ3) is 3.76. The predicted octanol–water partition coefficient (Wildman–Crippen LogP) is 0.939. The van der Waals surface area contributed by atoms with Crippen LogP contribution in [0.25, 0.3) is 0 Å². The summed E-state index contributed by atoms with van der Waals surface area (Å²) in [6.07, 6.45) is 1.83. The molecule has 1 aliphatic rings. The van der Waals surface area contributed by atoms with Gasteiger partial charge >= 0.3 is 5.97 Å². The van der Waals surface area contributed by atoms with Gasteiger partial charge in [-0.1, -0.05) is 11.6 Å². The fraction of sp³-hybridized carbons (Fsp3) is 0.385. The van der Waals surface area contributed by atoms with E-state index in [1.807, 2.05) is 0 Å². The Kier molecular flexibility index (Phi) is 5.05. The minimum Gasteiger partial charge on any atom is -0.478 e. The summed E-state index contributed by atoms with van der Waals surface area (Å²) in [6.45, 7) is 0.905. The Morgan fingerprint density at radius 2 is 1.91 bits per heavy atom. The van der Waals surface area contributed by atoms with Crippen LogP contribution < -0.4 is 4.72 Å². The van der Waals surface area contributed by atoms with Crippen LogP contribution in [0.2, 0.25) is 5.02 Å². The summed E-state index contributed by atoms with van der Waals surface area (Å²) in [6, 6.07) is 3.35. The molecule has 1 aromatic rings. The Hall–Kier alpha value is -1.64. The second-order valence-electron chi connectivity index (χ2n) is 4.86. The van der Waals surface area contributed by atoms with E-state index in [9.17, 15) is 18.0 Å². The monoisotopic (exact) mass is 346 g/mol. The number of carboxylic acid groups (broad SMARTS) is 1. The molecule has 0 radical (unpaired) electrons. The standard InChI is InChI=1S/C13H15ClN2O5S/c14-11-4-3-9(7-10(11)13(18)19)22(20,21)15-8-12(17)16-5-1-2-6-16/h3-4,7,15H,1-2,5-6,8H2,(H,18,19). The van der Waals surface area contributed by atoms with Crippen LogP contribution in [0.1, 0.15) is 23.2 Å². The van der Waals surface area contributed by atoms with Crippen molar-refractivity contribution in [3.63, 3.8) is 0 Å². The van der Waals surface area contributed by atoms with Gasteiger partial charge in [-0.05, 0) is 31.0 Å². The third-order valence-corrected chi connectivity index (χ3v) is 5.08. The summed E-state index contributed by atoms with van der Waals surface area (Å²) < 4.78 is 26.4. The summed E-state index contributed by atoms with van der Waals surface area (Å²) in [7, 11) is -3.98. The van der Waals surface area contributed by atoms with Crippen LogP contribution in [0.3, 0.4) is 0 Å². The number of sulfonamides is 1. The fourth-order valence-corrected chi connectivity index (χ4v) is 3.35. The zero-order valence-corrected chi connectivity index (χ0v) is 13.2. The van der Waals surface area contributed by atoms with Crippen molar-refractivity contribution in [3.05, 3.63) is 28.8 Å². The Balaban J connectivity index is 2.11. The van der Waals surface area contributed by atoms with E-state index in [2.05, 4.69) is 4.72 Å². The largest absolute Gasteiger partial charge is 0.478 e. The van der Waals surface area contributed by atoms with Gasteiger partial charge in [-0.25, -0.2) is 17.9 Å². The second-order valence-corrected chi connectivity index (χ2v) is 7.03. The van der Waals surface area contributed by atoms with Gasteiger partial charge in [0, 0.05) is 13.1 Å². The summed E-state index contributed by atoms with van der Waals surface area (Å²) in [5, 5.41) is 8.90. The SMILES string of the molecule is O=C(O)c1cc(S(=O)(=O)NCC(=O)N2CCCC2)ccc1Cl. The van der Waals surface area contributed by atoms with Crippen molar-refractivity contribution in [2.24, 2.45) is 0 Å². The first-order valence-corrected chi connectivity index (χ1v) is 8.47. The number of nitrogens with one attached hydrogen (secondary N) is 1. The minimum atomic E-state index is -3.98. The molecule has 2 N–H and O–H groups in total. The first-order chi connectivity index (χ1) is 10.3. The zero-order valence-electron chi connectivity index (χ0n) is 11.6. The number of carbonyl (C=O) groups excluding carboxylic acids is 1. The molecular formula is C13H15ClN2O5S. The van der Waals surface area contributed by atoms with Crippen molar-refractivity contribution >= 4 is 33.5 Å². The van der Waals surface area contributed by atoms with Crippen molar-refractivity contribution in [1.82, 2.24) is 9.62 Å². The maximum atomic E-state index is 12.1. The van der Waals surface area contributed by atoms with Crippen molar-refractivity contribution < 1.29 is 23.1 Å². The lowest BCUT2D eigenvalue weighted by Crippen LogP contribution is -2.38. The average Bonchev–Trinajstić information content (AvgIpc) is 2.99. The van der Waals surface area contributed by atoms with Gasteiger partial charge in [0.1, 0.15) is 0 Å². The predicted molar refractivity (Wildman–Crippen MR) is 79.4 cm³/mol. The Morgan fingerprint density at radius 1 is 1.27 bits per heavy atom. The molecule has 22 heavy (non-hydrogen) atoms. The maximum absolute atomic E-state index is 12.1. The number of nitrogens with zero attached hydrogens (tertiary/aromatic N) is 1. The van der Waals surface area contributed by atoms with Gasteiger partial charge in [0.2, 0.25) is 15.9 Å². The Labute approximate surface area is 132 Å². The summed E-state index contributed by atoms with van der Waals surface area (Å²) >= 11 is 5.70. The molecule has 1 aliphatic heterocycles. The van der Waals surface area contributed by atoms with Crippen LogP contribution in [0.15, 0.2) is 23.1 Å². The van der Waals surface area contributed by atoms with Gasteiger partial charge in [0.25, 0.3) is 0 Å². The molecule has 0 unspecified atom stereocenters. The van der Waals surface area contributed by atoms with E-state index in [1.165, 1.54) is 12.1 Å². The van der Waals surface area contributed by atoms with Crippen LogP contribution in [0.4, 0.5) is 0 Å². The van der Waals surface area contributed by atoms with Gasteiger partial charge in [0.15, 0.2) is 0 Å². The number of hydrogen-bond acceptors (Lipinski definition) is 4. The number of benzene rings is 1. The molecule has 0 bridgehead atoms. The lowest BCUT2D eigenvalue weighted by atomic mass is 10.2. The summed E-state index contributed by atoms with van der Waals surface area (Å²) in [5.74, 6) is -1.62. The molecule has 0 aliphatic carbocycles. The second kappa shape index (κ2) is 6.64. The van der Waals surface area contributed by atoms with E-state index < -0.39 is 16.0 Å². The van der Waals surface area contributed by atoms with Crippen molar-refractivity contribution in [3.8, 4) is 0 Å². The molecule has 1 heterocycles. The molecule has 1 amide bonds. The van der Waals surface area contributed by atoms with Crippen LogP contribution >= 0.6 is 11.6 Å². The normalized spacial score (nSPS) is 15.0. The highest BCUT2D eigenvalue weighted by Gasteiger charge is 2.22. The number of hydrogen-bond donors (Lipinski definition) is 2. The number of aromatic carboxylic acids is 1. The van der Waals surface area contributed by atoms with Gasteiger partial charge in [-0.2, -0.15) is 0 Å². The van der Waals surface area contributed by atoms with E-state index in [4.69, 9.17) is 16.7 Å². The Morgan fingerprint density at radius 3 is 2.50 bits per heavy atom. The molecule has 1 aromatic carbocycles. The molecule has 7 nitrogen and oxygen atoms in total. The molecule has 0 atom stereocenters. The lowest BCUT2D eigenvalue weighted by molar-refractivity contribution is -0.128. The first-order valence-electron chi connectivity index (χ1n) is 6.61. The quantitative estimate of drug-likeness (QED) is 0.825. The summed E-state index contributed by atoms with van der Waals surface area (Å²) in [5.41, 5.74) is -0.310. The number of rotatable bonds is 5. The van der Waals surface area contributed by atoms with Gasteiger partial charge in [-0.3, -0.25) is 4.79 Å². The van der Waals surface area contributed by atoms with Crippen molar-refractivity contribution in [1.29, 1.82) is 0 Å². The zero-order chi connectivity index (χ0) is 16.3. The smallest absolute Gasteiger partial charge is 0.337 e. The maximum Gasteiger partial charge on any atom is 0.337 e.